The maximum atomic E-state index is 6.63. The zero-order chi connectivity index (χ0) is 16.3. The van der Waals surface area contributed by atoms with Crippen molar-refractivity contribution in [3.63, 3.8) is 0 Å². The van der Waals surface area contributed by atoms with Gasteiger partial charge in [-0.3, -0.25) is 4.68 Å². The summed E-state index contributed by atoms with van der Waals surface area (Å²) in [7, 11) is 1.94. The summed E-state index contributed by atoms with van der Waals surface area (Å²) in [6, 6.07) is 4.21. The molecule has 3 nitrogen and oxygen atoms in total. The molecule has 0 unspecified atom stereocenters. The molecule has 2 saturated carbocycles. The minimum atomic E-state index is 0.560. The number of nitrogen functional groups attached to an aromatic ring is 1. The van der Waals surface area contributed by atoms with Crippen molar-refractivity contribution in [1.29, 1.82) is 0 Å². The summed E-state index contributed by atoms with van der Waals surface area (Å²) >= 11 is 6.63. The first kappa shape index (κ1) is 15.1. The molecule has 0 bridgehead atoms. The van der Waals surface area contributed by atoms with Gasteiger partial charge in [-0.05, 0) is 68.6 Å². The minimum absolute atomic E-state index is 0.560. The number of rotatable bonds is 4. The fourth-order valence-corrected chi connectivity index (χ4v) is 4.44. The standard InChI is InChI=1S/C19H24ClN3/c1-10-8-11(2)15(14(20)9-10)17-18(22-23(3)19(17)21)16(12-4-5-12)13-6-7-13/h8-9,12-13,16H,4-7,21H2,1-3H3. The van der Waals surface area contributed by atoms with E-state index in [1.54, 1.807) is 0 Å². The Bertz CT molecular complexity index is 734. The van der Waals surface area contributed by atoms with Crippen LogP contribution in [0.2, 0.25) is 5.02 Å². The molecule has 4 heteroatoms. The van der Waals surface area contributed by atoms with Gasteiger partial charge in [0.25, 0.3) is 0 Å². The molecule has 0 aliphatic heterocycles. The molecule has 2 aromatic rings. The topological polar surface area (TPSA) is 43.8 Å². The van der Waals surface area contributed by atoms with E-state index >= 15 is 0 Å². The predicted octanol–water partition coefficient (Wildman–Crippen LogP) is 4.84. The zero-order valence-corrected chi connectivity index (χ0v) is 14.8. The third-order valence-electron chi connectivity index (χ3n) is 5.38. The lowest BCUT2D eigenvalue weighted by Gasteiger charge is -2.17. The summed E-state index contributed by atoms with van der Waals surface area (Å²) in [6.45, 7) is 4.20. The van der Waals surface area contributed by atoms with Gasteiger partial charge in [-0.15, -0.1) is 0 Å². The lowest BCUT2D eigenvalue weighted by molar-refractivity contribution is 0.517. The minimum Gasteiger partial charge on any atom is -0.383 e. The molecule has 2 aliphatic rings. The van der Waals surface area contributed by atoms with Gasteiger partial charge in [-0.25, -0.2) is 0 Å². The normalized spacial score (nSPS) is 18.0. The lowest BCUT2D eigenvalue weighted by atomic mass is 9.87. The first-order valence-electron chi connectivity index (χ1n) is 8.57. The van der Waals surface area contributed by atoms with Crippen molar-refractivity contribution in [3.8, 4) is 11.1 Å². The Hall–Kier alpha value is -1.48. The van der Waals surface area contributed by atoms with E-state index in [1.165, 1.54) is 42.5 Å². The Morgan fingerprint density at radius 2 is 1.74 bits per heavy atom. The highest BCUT2D eigenvalue weighted by Gasteiger charge is 2.45. The van der Waals surface area contributed by atoms with Gasteiger partial charge in [0.15, 0.2) is 0 Å². The number of benzene rings is 1. The molecule has 4 rings (SSSR count). The van der Waals surface area contributed by atoms with E-state index in [2.05, 4.69) is 19.9 Å². The second-order valence-electron chi connectivity index (χ2n) is 7.41. The van der Waals surface area contributed by atoms with Crippen molar-refractivity contribution < 1.29 is 0 Å². The van der Waals surface area contributed by atoms with Crippen LogP contribution in [0.1, 0.15) is 48.4 Å². The first-order chi connectivity index (χ1) is 11.0. The van der Waals surface area contributed by atoms with Crippen LogP contribution in [0.5, 0.6) is 0 Å². The number of halogens is 1. The molecule has 0 radical (unpaired) electrons. The number of nitrogens with zero attached hydrogens (tertiary/aromatic N) is 2. The van der Waals surface area contributed by atoms with Crippen LogP contribution in [-0.4, -0.2) is 9.78 Å². The number of aryl methyl sites for hydroxylation is 3. The van der Waals surface area contributed by atoms with Crippen LogP contribution < -0.4 is 5.73 Å². The highest BCUT2D eigenvalue weighted by Crippen LogP contribution is 2.56. The van der Waals surface area contributed by atoms with Crippen LogP contribution in [0, 0.1) is 25.7 Å². The van der Waals surface area contributed by atoms with Crippen molar-refractivity contribution in [2.45, 2.75) is 45.4 Å². The average molecular weight is 330 g/mol. The van der Waals surface area contributed by atoms with Gasteiger partial charge in [0.1, 0.15) is 5.82 Å². The van der Waals surface area contributed by atoms with E-state index in [9.17, 15) is 0 Å². The molecule has 2 aliphatic carbocycles. The number of hydrogen-bond acceptors (Lipinski definition) is 2. The summed E-state index contributed by atoms with van der Waals surface area (Å²) in [6.07, 6.45) is 5.32. The summed E-state index contributed by atoms with van der Waals surface area (Å²) in [4.78, 5) is 0. The Kier molecular flexibility index (Phi) is 3.45. The molecule has 1 heterocycles. The third-order valence-corrected chi connectivity index (χ3v) is 5.67. The van der Waals surface area contributed by atoms with Crippen molar-refractivity contribution in [2.24, 2.45) is 18.9 Å². The summed E-state index contributed by atoms with van der Waals surface area (Å²) in [5, 5.41) is 5.63. The number of nitrogens with two attached hydrogens (primary N) is 1. The SMILES string of the molecule is Cc1cc(C)c(-c2c(C(C3CC3)C3CC3)nn(C)c2N)c(Cl)c1. The monoisotopic (exact) mass is 329 g/mol. The highest BCUT2D eigenvalue weighted by molar-refractivity contribution is 6.33. The molecule has 0 spiro atoms. The van der Waals surface area contributed by atoms with Crippen molar-refractivity contribution >= 4 is 17.4 Å². The molecule has 23 heavy (non-hydrogen) atoms. The highest BCUT2D eigenvalue weighted by atomic mass is 35.5. The van der Waals surface area contributed by atoms with Crippen molar-refractivity contribution in [1.82, 2.24) is 9.78 Å². The fourth-order valence-electron chi connectivity index (χ4n) is 4.02. The lowest BCUT2D eigenvalue weighted by Crippen LogP contribution is -2.07. The van der Waals surface area contributed by atoms with Gasteiger partial charge in [-0.2, -0.15) is 5.10 Å². The van der Waals surface area contributed by atoms with E-state index in [1.807, 2.05) is 17.8 Å². The van der Waals surface area contributed by atoms with Crippen molar-refractivity contribution in [2.75, 3.05) is 5.73 Å². The zero-order valence-electron chi connectivity index (χ0n) is 14.1. The van der Waals surface area contributed by atoms with Gasteiger partial charge in [0, 0.05) is 29.1 Å². The molecular formula is C19H24ClN3. The van der Waals surface area contributed by atoms with Crippen LogP contribution in [0.15, 0.2) is 12.1 Å². The fraction of sp³-hybridized carbons (Fsp3) is 0.526. The Morgan fingerprint density at radius 3 is 2.26 bits per heavy atom. The van der Waals surface area contributed by atoms with Crippen LogP contribution >= 0.6 is 11.6 Å². The second-order valence-corrected chi connectivity index (χ2v) is 7.82. The van der Waals surface area contributed by atoms with Gasteiger partial charge < -0.3 is 5.73 Å². The quantitative estimate of drug-likeness (QED) is 0.872. The van der Waals surface area contributed by atoms with Gasteiger partial charge in [0.05, 0.1) is 5.69 Å². The number of aromatic nitrogens is 2. The molecule has 0 saturated heterocycles. The smallest absolute Gasteiger partial charge is 0.129 e. The second kappa shape index (κ2) is 5.27. The van der Waals surface area contributed by atoms with Gasteiger partial charge in [-0.1, -0.05) is 17.7 Å². The Labute approximate surface area is 142 Å². The molecule has 0 amide bonds. The Balaban J connectivity index is 1.92. The van der Waals surface area contributed by atoms with Crippen LogP contribution in [0.4, 0.5) is 5.82 Å². The molecule has 122 valence electrons. The molecule has 1 aromatic heterocycles. The predicted molar refractivity (Wildman–Crippen MR) is 95.7 cm³/mol. The molecule has 1 aromatic carbocycles. The third kappa shape index (κ3) is 2.55. The van der Waals surface area contributed by atoms with Gasteiger partial charge >= 0.3 is 0 Å². The number of hydrogen-bond donors (Lipinski definition) is 1. The van der Waals surface area contributed by atoms with E-state index in [4.69, 9.17) is 22.4 Å². The van der Waals surface area contributed by atoms with Gasteiger partial charge in [0.2, 0.25) is 0 Å². The van der Waals surface area contributed by atoms with Crippen molar-refractivity contribution in [3.05, 3.63) is 34.0 Å². The van der Waals surface area contributed by atoms with E-state index in [0.29, 0.717) is 5.92 Å². The first-order valence-corrected chi connectivity index (χ1v) is 8.94. The van der Waals surface area contributed by atoms with Crippen LogP contribution in [0.25, 0.3) is 11.1 Å². The summed E-state index contributed by atoms with van der Waals surface area (Å²) < 4.78 is 1.83. The molecular weight excluding hydrogens is 306 g/mol. The van der Waals surface area contributed by atoms with E-state index in [-0.39, 0.29) is 0 Å². The van der Waals surface area contributed by atoms with E-state index < -0.39 is 0 Å². The van der Waals surface area contributed by atoms with E-state index in [0.717, 1.165) is 33.8 Å². The average Bonchev–Trinajstić information content (AvgIpc) is 3.35. The summed E-state index contributed by atoms with van der Waals surface area (Å²) in [5.41, 5.74) is 12.1. The van der Waals surface area contributed by atoms with Crippen LogP contribution in [-0.2, 0) is 7.05 Å². The molecule has 0 atom stereocenters. The largest absolute Gasteiger partial charge is 0.383 e. The molecule has 2 fully saturated rings. The maximum Gasteiger partial charge on any atom is 0.129 e. The van der Waals surface area contributed by atoms with Crippen LogP contribution in [0.3, 0.4) is 0 Å². The maximum absolute atomic E-state index is 6.63. The summed E-state index contributed by atoms with van der Waals surface area (Å²) in [5.74, 6) is 2.88. The Morgan fingerprint density at radius 1 is 1.13 bits per heavy atom. The molecule has 2 N–H and O–H groups in total. The number of anilines is 1.